The molecule has 0 spiro atoms. The number of carbonyl (C=O) groups excluding carboxylic acids is 1. The molecule has 0 saturated carbocycles. The Balaban J connectivity index is 1.58. The Morgan fingerprint density at radius 3 is 3.04 bits per heavy atom. The van der Waals surface area contributed by atoms with E-state index in [4.69, 9.17) is 0 Å². The van der Waals surface area contributed by atoms with Gasteiger partial charge in [0, 0.05) is 32.1 Å². The number of hydrogen-bond donors (Lipinski definition) is 1. The molecule has 3 heterocycles. The van der Waals surface area contributed by atoms with Gasteiger partial charge in [0.15, 0.2) is 0 Å². The van der Waals surface area contributed by atoms with Gasteiger partial charge in [-0.15, -0.1) is 10.2 Å². The van der Waals surface area contributed by atoms with E-state index in [1.54, 1.807) is 10.8 Å². The fraction of sp³-hybridized carbons (Fsp3) is 0.625. The van der Waals surface area contributed by atoms with Gasteiger partial charge in [-0.1, -0.05) is 0 Å². The summed E-state index contributed by atoms with van der Waals surface area (Å²) in [7, 11) is 4.07. The Hall–Kier alpha value is -2.22. The van der Waals surface area contributed by atoms with Crippen LogP contribution in [0.2, 0.25) is 0 Å². The Morgan fingerprint density at radius 2 is 2.25 bits per heavy atom. The molecule has 0 radical (unpaired) electrons. The molecule has 1 saturated heterocycles. The minimum absolute atomic E-state index is 0.279. The van der Waals surface area contributed by atoms with Crippen LogP contribution in [0, 0.1) is 6.92 Å². The Bertz CT molecular complexity index is 712. The summed E-state index contributed by atoms with van der Waals surface area (Å²) in [4.78, 5) is 16.2. The second-order valence-electron chi connectivity index (χ2n) is 6.60. The fourth-order valence-corrected chi connectivity index (χ4v) is 3.16. The van der Waals surface area contributed by atoms with Crippen LogP contribution in [0.1, 0.15) is 25.0 Å². The molecule has 2 aromatic heterocycles. The monoisotopic (exact) mass is 331 g/mol. The summed E-state index contributed by atoms with van der Waals surface area (Å²) in [6.45, 7) is 4.45. The molecule has 0 bridgehead atoms. The fourth-order valence-electron chi connectivity index (χ4n) is 3.16. The number of rotatable bonds is 7. The molecule has 0 aromatic carbocycles. The van der Waals surface area contributed by atoms with E-state index in [9.17, 15) is 4.79 Å². The standard InChI is InChI=1S/C16H25N7O/c1-12-10-14(16-19-18-11-23(16)20-12)17-7-6-13-4-5-15(24)22(13)9-8-21(2)3/h10-11,13,17H,4-9H2,1-3H3. The van der Waals surface area contributed by atoms with Crippen LogP contribution < -0.4 is 5.32 Å². The number of hydrogen-bond acceptors (Lipinski definition) is 6. The van der Waals surface area contributed by atoms with Crippen LogP contribution in [0.25, 0.3) is 5.65 Å². The molecule has 0 aliphatic carbocycles. The number of aromatic nitrogens is 4. The summed E-state index contributed by atoms with van der Waals surface area (Å²) in [6.07, 6.45) is 4.15. The number of anilines is 1. The van der Waals surface area contributed by atoms with E-state index in [2.05, 4.69) is 25.5 Å². The molecule has 8 nitrogen and oxygen atoms in total. The summed E-state index contributed by atoms with van der Waals surface area (Å²) >= 11 is 0. The predicted octanol–water partition coefficient (Wildman–Crippen LogP) is 0.787. The van der Waals surface area contributed by atoms with E-state index in [1.165, 1.54) is 0 Å². The van der Waals surface area contributed by atoms with Crippen LogP contribution in [0.5, 0.6) is 0 Å². The van der Waals surface area contributed by atoms with Gasteiger partial charge in [0.05, 0.1) is 11.4 Å². The van der Waals surface area contributed by atoms with E-state index in [0.717, 1.165) is 49.5 Å². The first-order chi connectivity index (χ1) is 11.5. The molecule has 8 heteroatoms. The summed E-state index contributed by atoms with van der Waals surface area (Å²) in [5.41, 5.74) is 2.57. The number of nitrogens with one attached hydrogen (secondary N) is 1. The average Bonchev–Trinajstić information content (AvgIpc) is 3.12. The molecule has 1 N–H and O–H groups in total. The van der Waals surface area contributed by atoms with E-state index in [1.807, 2.05) is 32.0 Å². The zero-order valence-electron chi connectivity index (χ0n) is 14.6. The number of amides is 1. The van der Waals surface area contributed by atoms with Crippen molar-refractivity contribution in [3.8, 4) is 0 Å². The maximum absolute atomic E-state index is 12.1. The molecule has 1 fully saturated rings. The van der Waals surface area contributed by atoms with Crippen molar-refractivity contribution < 1.29 is 4.79 Å². The van der Waals surface area contributed by atoms with Gasteiger partial charge in [-0.05, 0) is 39.9 Å². The van der Waals surface area contributed by atoms with Crippen molar-refractivity contribution in [3.63, 3.8) is 0 Å². The van der Waals surface area contributed by atoms with Crippen LogP contribution in [-0.4, -0.2) is 75.3 Å². The summed E-state index contributed by atoms with van der Waals surface area (Å²) in [5, 5.41) is 15.8. The molecule has 1 aliphatic heterocycles. The van der Waals surface area contributed by atoms with Crippen LogP contribution >= 0.6 is 0 Å². The third-order valence-electron chi connectivity index (χ3n) is 4.42. The van der Waals surface area contributed by atoms with Crippen molar-refractivity contribution in [1.29, 1.82) is 0 Å². The highest BCUT2D eigenvalue weighted by molar-refractivity contribution is 5.78. The van der Waals surface area contributed by atoms with Crippen molar-refractivity contribution in [2.75, 3.05) is 39.0 Å². The number of carbonyl (C=O) groups is 1. The van der Waals surface area contributed by atoms with Crippen LogP contribution in [0.15, 0.2) is 12.4 Å². The van der Waals surface area contributed by atoms with Crippen molar-refractivity contribution in [2.45, 2.75) is 32.2 Å². The van der Waals surface area contributed by atoms with E-state index < -0.39 is 0 Å². The molecule has 2 aromatic rings. The maximum atomic E-state index is 12.1. The van der Waals surface area contributed by atoms with Crippen molar-refractivity contribution in [2.24, 2.45) is 0 Å². The lowest BCUT2D eigenvalue weighted by Gasteiger charge is -2.26. The van der Waals surface area contributed by atoms with Gasteiger partial charge in [0.1, 0.15) is 6.33 Å². The third kappa shape index (κ3) is 3.64. The predicted molar refractivity (Wildman–Crippen MR) is 91.9 cm³/mol. The number of likely N-dealkylation sites (N-methyl/N-ethyl adjacent to an activating group) is 1. The SMILES string of the molecule is Cc1cc(NCCC2CCC(=O)N2CCN(C)C)c2nncn2n1. The average molecular weight is 331 g/mol. The van der Waals surface area contributed by atoms with Gasteiger partial charge in [0.2, 0.25) is 11.6 Å². The molecule has 130 valence electrons. The zero-order chi connectivity index (χ0) is 17.1. The van der Waals surface area contributed by atoms with Gasteiger partial charge >= 0.3 is 0 Å². The smallest absolute Gasteiger partial charge is 0.222 e. The van der Waals surface area contributed by atoms with Crippen LogP contribution in [-0.2, 0) is 4.79 Å². The second kappa shape index (κ2) is 7.12. The molecule has 24 heavy (non-hydrogen) atoms. The van der Waals surface area contributed by atoms with Crippen molar-refractivity contribution in [3.05, 3.63) is 18.1 Å². The number of nitrogens with zero attached hydrogens (tertiary/aromatic N) is 6. The van der Waals surface area contributed by atoms with Gasteiger partial charge < -0.3 is 15.1 Å². The number of fused-ring (bicyclic) bond motifs is 1. The van der Waals surface area contributed by atoms with E-state index in [0.29, 0.717) is 12.5 Å². The molecule has 1 unspecified atom stereocenters. The lowest BCUT2D eigenvalue weighted by molar-refractivity contribution is -0.129. The first-order valence-electron chi connectivity index (χ1n) is 8.40. The molecule has 3 rings (SSSR count). The molecular weight excluding hydrogens is 306 g/mol. The molecule has 1 atom stereocenters. The van der Waals surface area contributed by atoms with Gasteiger partial charge in [-0.25, -0.2) is 0 Å². The highest BCUT2D eigenvalue weighted by atomic mass is 16.2. The summed E-state index contributed by atoms with van der Waals surface area (Å²) in [6, 6.07) is 2.30. The first-order valence-corrected chi connectivity index (χ1v) is 8.40. The highest BCUT2D eigenvalue weighted by Gasteiger charge is 2.30. The number of likely N-dealkylation sites (tertiary alicyclic amines) is 1. The molecular formula is C16H25N7O. The second-order valence-corrected chi connectivity index (χ2v) is 6.60. The molecule has 1 aliphatic rings. The van der Waals surface area contributed by atoms with Gasteiger partial charge in [-0.2, -0.15) is 9.61 Å². The van der Waals surface area contributed by atoms with E-state index >= 15 is 0 Å². The minimum Gasteiger partial charge on any atom is -0.382 e. The third-order valence-corrected chi connectivity index (χ3v) is 4.42. The van der Waals surface area contributed by atoms with Crippen molar-refractivity contribution >= 4 is 17.2 Å². The van der Waals surface area contributed by atoms with Gasteiger partial charge in [-0.3, -0.25) is 4.79 Å². The number of aryl methyl sites for hydroxylation is 1. The quantitative estimate of drug-likeness (QED) is 0.808. The zero-order valence-corrected chi connectivity index (χ0v) is 14.6. The van der Waals surface area contributed by atoms with Crippen LogP contribution in [0.4, 0.5) is 5.69 Å². The summed E-state index contributed by atoms with van der Waals surface area (Å²) in [5.74, 6) is 0.279. The Kier molecular flexibility index (Phi) is 4.94. The lowest BCUT2D eigenvalue weighted by Crippen LogP contribution is -2.39. The Labute approximate surface area is 141 Å². The van der Waals surface area contributed by atoms with Crippen LogP contribution in [0.3, 0.4) is 0 Å². The topological polar surface area (TPSA) is 78.7 Å². The highest BCUT2D eigenvalue weighted by Crippen LogP contribution is 2.22. The Morgan fingerprint density at radius 1 is 1.42 bits per heavy atom. The summed E-state index contributed by atoms with van der Waals surface area (Å²) < 4.78 is 1.68. The first kappa shape index (κ1) is 16.6. The maximum Gasteiger partial charge on any atom is 0.222 e. The molecule has 1 amide bonds. The van der Waals surface area contributed by atoms with Crippen molar-refractivity contribution in [1.82, 2.24) is 29.6 Å². The van der Waals surface area contributed by atoms with E-state index in [-0.39, 0.29) is 5.91 Å². The lowest BCUT2D eigenvalue weighted by atomic mass is 10.1. The normalized spacial score (nSPS) is 18.1. The minimum atomic E-state index is 0.279. The largest absolute Gasteiger partial charge is 0.382 e. The van der Waals surface area contributed by atoms with Gasteiger partial charge in [0.25, 0.3) is 0 Å².